The van der Waals surface area contributed by atoms with E-state index in [4.69, 9.17) is 0 Å². The number of aromatic nitrogens is 4. The van der Waals surface area contributed by atoms with Gasteiger partial charge in [0.05, 0.1) is 11.6 Å². The van der Waals surface area contributed by atoms with E-state index in [0.717, 1.165) is 11.6 Å². The van der Waals surface area contributed by atoms with Gasteiger partial charge in [-0.3, -0.25) is 4.68 Å². The fourth-order valence-corrected chi connectivity index (χ4v) is 1.81. The van der Waals surface area contributed by atoms with Gasteiger partial charge < -0.3 is 5.32 Å². The van der Waals surface area contributed by atoms with Gasteiger partial charge in [-0.15, -0.1) is 16.4 Å². The van der Waals surface area contributed by atoms with Crippen molar-refractivity contribution < 1.29 is 0 Å². The maximum atomic E-state index is 4.17. The van der Waals surface area contributed by atoms with Crippen molar-refractivity contribution in [3.63, 3.8) is 0 Å². The highest BCUT2D eigenvalue weighted by atomic mass is 32.1. The number of nitrogens with one attached hydrogen (secondary N) is 1. The van der Waals surface area contributed by atoms with Crippen LogP contribution in [0.5, 0.6) is 0 Å². The van der Waals surface area contributed by atoms with E-state index in [2.05, 4.69) is 20.4 Å². The second-order valence-electron chi connectivity index (χ2n) is 2.94. The summed E-state index contributed by atoms with van der Waals surface area (Å²) in [5, 5.41) is 8.31. The Labute approximate surface area is 85.8 Å². The first-order valence-electron chi connectivity index (χ1n) is 4.25. The molecule has 0 atom stereocenters. The molecule has 0 aliphatic carbocycles. The molecule has 2 aromatic rings. The molecule has 2 rings (SSSR count). The molecular formula is C8H11N5S. The predicted octanol–water partition coefficient (Wildman–Crippen LogP) is 1.19. The molecule has 0 unspecified atom stereocenters. The minimum atomic E-state index is 0.651. The highest BCUT2D eigenvalue weighted by Gasteiger charge is 2.00. The summed E-state index contributed by atoms with van der Waals surface area (Å²) in [7, 11) is 1.84. The largest absolute Gasteiger partial charge is 0.348 e. The van der Waals surface area contributed by atoms with E-state index in [1.165, 1.54) is 4.88 Å². The average Bonchev–Trinajstić information content (AvgIpc) is 2.72. The Morgan fingerprint density at radius 3 is 2.93 bits per heavy atom. The number of hydrogen-bond donors (Lipinski definition) is 1. The van der Waals surface area contributed by atoms with Crippen LogP contribution in [0.15, 0.2) is 12.5 Å². The molecule has 0 radical (unpaired) electrons. The zero-order valence-electron chi connectivity index (χ0n) is 8.06. The standard InChI is InChI=1S/C8H11N5S/c1-6-9-3-7(14-6)4-10-8-11-5-13(2)12-8/h3,5H,4H2,1-2H3,(H,10,12). The Hall–Kier alpha value is -1.43. The van der Waals surface area contributed by atoms with Gasteiger partial charge in [-0.25, -0.2) is 9.97 Å². The van der Waals surface area contributed by atoms with E-state index in [9.17, 15) is 0 Å². The Kier molecular flexibility index (Phi) is 2.45. The van der Waals surface area contributed by atoms with Crippen LogP contribution < -0.4 is 5.32 Å². The second kappa shape index (κ2) is 3.75. The maximum absolute atomic E-state index is 4.17. The van der Waals surface area contributed by atoms with Crippen molar-refractivity contribution in [2.24, 2.45) is 7.05 Å². The molecule has 0 saturated carbocycles. The summed E-state index contributed by atoms with van der Waals surface area (Å²) in [6.07, 6.45) is 3.54. The third-order valence-corrected chi connectivity index (χ3v) is 2.60. The summed E-state index contributed by atoms with van der Waals surface area (Å²) >= 11 is 1.68. The summed E-state index contributed by atoms with van der Waals surface area (Å²) < 4.78 is 1.67. The predicted molar refractivity (Wildman–Crippen MR) is 55.2 cm³/mol. The number of nitrogens with zero attached hydrogens (tertiary/aromatic N) is 4. The second-order valence-corrected chi connectivity index (χ2v) is 4.26. The smallest absolute Gasteiger partial charge is 0.242 e. The van der Waals surface area contributed by atoms with Gasteiger partial charge in [-0.05, 0) is 6.92 Å². The molecule has 0 saturated heterocycles. The van der Waals surface area contributed by atoms with Gasteiger partial charge in [0.25, 0.3) is 0 Å². The van der Waals surface area contributed by atoms with Gasteiger partial charge in [-0.2, -0.15) is 0 Å². The van der Waals surface area contributed by atoms with Crippen LogP contribution >= 0.6 is 11.3 Å². The van der Waals surface area contributed by atoms with Crippen molar-refractivity contribution in [2.75, 3.05) is 5.32 Å². The lowest BCUT2D eigenvalue weighted by Gasteiger charge is -1.96. The zero-order valence-corrected chi connectivity index (χ0v) is 8.88. The van der Waals surface area contributed by atoms with E-state index in [1.54, 1.807) is 22.3 Å². The molecule has 1 N–H and O–H groups in total. The third kappa shape index (κ3) is 2.08. The molecule has 2 heterocycles. The lowest BCUT2D eigenvalue weighted by Crippen LogP contribution is -2.00. The van der Waals surface area contributed by atoms with Gasteiger partial charge in [0.15, 0.2) is 0 Å². The molecular weight excluding hydrogens is 198 g/mol. The Bertz CT molecular complexity index is 379. The topological polar surface area (TPSA) is 55.6 Å². The van der Waals surface area contributed by atoms with Crippen LogP contribution in [0.1, 0.15) is 9.88 Å². The Morgan fingerprint density at radius 2 is 2.36 bits per heavy atom. The van der Waals surface area contributed by atoms with Gasteiger partial charge in [0.1, 0.15) is 6.33 Å². The minimum Gasteiger partial charge on any atom is -0.348 e. The number of anilines is 1. The summed E-state index contributed by atoms with van der Waals surface area (Å²) in [5.74, 6) is 0.651. The normalized spacial score (nSPS) is 10.4. The lowest BCUT2D eigenvalue weighted by atomic mass is 10.5. The van der Waals surface area contributed by atoms with Crippen molar-refractivity contribution >= 4 is 17.3 Å². The summed E-state index contributed by atoms with van der Waals surface area (Å²) in [6.45, 7) is 2.72. The maximum Gasteiger partial charge on any atom is 0.242 e. The molecule has 0 fully saturated rings. The van der Waals surface area contributed by atoms with E-state index in [-0.39, 0.29) is 0 Å². The fraction of sp³-hybridized carbons (Fsp3) is 0.375. The molecule has 0 aliphatic heterocycles. The highest BCUT2D eigenvalue weighted by Crippen LogP contribution is 2.12. The highest BCUT2D eigenvalue weighted by molar-refractivity contribution is 7.11. The minimum absolute atomic E-state index is 0.651. The van der Waals surface area contributed by atoms with Gasteiger partial charge in [-0.1, -0.05) is 0 Å². The van der Waals surface area contributed by atoms with Crippen molar-refractivity contribution in [3.8, 4) is 0 Å². The summed E-state index contributed by atoms with van der Waals surface area (Å²) in [4.78, 5) is 9.42. The van der Waals surface area contributed by atoms with Crippen molar-refractivity contribution in [1.29, 1.82) is 0 Å². The molecule has 0 amide bonds. The van der Waals surface area contributed by atoms with Crippen LogP contribution in [0.2, 0.25) is 0 Å². The number of thiazole rings is 1. The molecule has 0 aliphatic rings. The van der Waals surface area contributed by atoms with Crippen LogP contribution in [-0.2, 0) is 13.6 Å². The molecule has 0 aromatic carbocycles. The first kappa shape index (κ1) is 9.14. The number of rotatable bonds is 3. The molecule has 6 heteroatoms. The Balaban J connectivity index is 1.94. The number of aryl methyl sites for hydroxylation is 2. The third-order valence-electron chi connectivity index (χ3n) is 1.69. The fourth-order valence-electron chi connectivity index (χ4n) is 1.07. The van der Waals surface area contributed by atoms with Gasteiger partial charge >= 0.3 is 0 Å². The van der Waals surface area contributed by atoms with Gasteiger partial charge in [0, 0.05) is 18.1 Å². The first-order chi connectivity index (χ1) is 6.74. The van der Waals surface area contributed by atoms with E-state index in [1.807, 2.05) is 20.2 Å². The lowest BCUT2D eigenvalue weighted by molar-refractivity contribution is 0.766. The van der Waals surface area contributed by atoms with E-state index in [0.29, 0.717) is 5.95 Å². The summed E-state index contributed by atoms with van der Waals surface area (Å²) in [6, 6.07) is 0. The van der Waals surface area contributed by atoms with Crippen molar-refractivity contribution in [3.05, 3.63) is 22.4 Å². The monoisotopic (exact) mass is 209 g/mol. The van der Waals surface area contributed by atoms with E-state index < -0.39 is 0 Å². The molecule has 2 aromatic heterocycles. The van der Waals surface area contributed by atoms with Crippen LogP contribution in [0.3, 0.4) is 0 Å². The quantitative estimate of drug-likeness (QED) is 0.825. The van der Waals surface area contributed by atoms with Crippen LogP contribution in [0.4, 0.5) is 5.95 Å². The van der Waals surface area contributed by atoms with Gasteiger partial charge in [0.2, 0.25) is 5.95 Å². The van der Waals surface area contributed by atoms with Crippen LogP contribution in [-0.4, -0.2) is 19.7 Å². The average molecular weight is 209 g/mol. The number of hydrogen-bond acceptors (Lipinski definition) is 5. The Morgan fingerprint density at radius 1 is 1.50 bits per heavy atom. The molecule has 0 spiro atoms. The van der Waals surface area contributed by atoms with Crippen LogP contribution in [0.25, 0.3) is 0 Å². The van der Waals surface area contributed by atoms with Crippen molar-refractivity contribution in [2.45, 2.75) is 13.5 Å². The molecule has 14 heavy (non-hydrogen) atoms. The SMILES string of the molecule is Cc1ncc(CNc2ncn(C)n2)s1. The van der Waals surface area contributed by atoms with Crippen LogP contribution in [0, 0.1) is 6.92 Å². The molecule has 0 bridgehead atoms. The molecule has 74 valence electrons. The van der Waals surface area contributed by atoms with E-state index >= 15 is 0 Å². The zero-order chi connectivity index (χ0) is 9.97. The molecule has 5 nitrogen and oxygen atoms in total. The van der Waals surface area contributed by atoms with Crippen molar-refractivity contribution in [1.82, 2.24) is 19.7 Å². The first-order valence-corrected chi connectivity index (χ1v) is 5.06. The summed E-state index contributed by atoms with van der Waals surface area (Å²) in [5.41, 5.74) is 0.